The third kappa shape index (κ3) is 2.56. The topological polar surface area (TPSA) is 0 Å². The van der Waals surface area contributed by atoms with Crippen molar-refractivity contribution in [2.75, 3.05) is 0 Å². The fraction of sp³-hybridized carbons (Fsp3) is 0.0667. The van der Waals surface area contributed by atoms with Gasteiger partial charge in [-0.2, -0.15) is 12.6 Å². The van der Waals surface area contributed by atoms with Crippen molar-refractivity contribution in [1.29, 1.82) is 0 Å². The van der Waals surface area contributed by atoms with Crippen LogP contribution >= 0.6 is 12.6 Å². The Balaban J connectivity index is 2.39. The summed E-state index contributed by atoms with van der Waals surface area (Å²) in [5.74, 6) is 0.292. The molecule has 1 heteroatoms. The summed E-state index contributed by atoms with van der Waals surface area (Å²) in [4.78, 5) is 0. The van der Waals surface area contributed by atoms with Gasteiger partial charge in [-0.25, -0.2) is 0 Å². The normalized spacial score (nSPS) is 11.1. The largest absolute Gasteiger partial charge is 0.152 e. The Bertz CT molecular complexity index is 406. The first-order chi connectivity index (χ1) is 7.92. The highest BCUT2D eigenvalue weighted by Crippen LogP contribution is 2.25. The smallest absolute Gasteiger partial charge is 0.0277 e. The van der Waals surface area contributed by atoms with Crippen LogP contribution in [0.2, 0.25) is 0 Å². The molecule has 0 bridgehead atoms. The Kier molecular flexibility index (Phi) is 3.84. The second-order valence-electron chi connectivity index (χ2n) is 3.64. The first-order valence-electron chi connectivity index (χ1n) is 5.32. The third-order valence-corrected chi connectivity index (χ3v) is 2.77. The van der Waals surface area contributed by atoms with Crippen molar-refractivity contribution < 1.29 is 0 Å². The Morgan fingerprint density at radius 2 is 1.19 bits per heavy atom. The van der Waals surface area contributed by atoms with Gasteiger partial charge < -0.3 is 0 Å². The van der Waals surface area contributed by atoms with Gasteiger partial charge >= 0.3 is 0 Å². The lowest BCUT2D eigenvalue weighted by Gasteiger charge is -2.13. The van der Waals surface area contributed by atoms with Crippen LogP contribution in [0.15, 0.2) is 72.1 Å². The first-order valence-corrected chi connectivity index (χ1v) is 5.84. The summed E-state index contributed by atoms with van der Waals surface area (Å²) < 4.78 is 0. The molecule has 2 aromatic carbocycles. The number of rotatable bonds is 3. The predicted molar refractivity (Wildman–Crippen MR) is 72.9 cm³/mol. The summed E-state index contributed by atoms with van der Waals surface area (Å²) in [5.41, 5.74) is 2.58. The monoisotopic (exact) mass is 226 g/mol. The van der Waals surface area contributed by atoms with E-state index in [9.17, 15) is 0 Å². The van der Waals surface area contributed by atoms with Gasteiger partial charge in [0, 0.05) is 5.92 Å². The number of thiol groups is 1. The molecule has 80 valence electrons. The average molecular weight is 226 g/mol. The van der Waals surface area contributed by atoms with Crippen LogP contribution in [0.4, 0.5) is 0 Å². The van der Waals surface area contributed by atoms with Crippen molar-refractivity contribution in [2.45, 2.75) is 5.92 Å². The maximum Gasteiger partial charge on any atom is 0.0277 e. The van der Waals surface area contributed by atoms with Gasteiger partial charge in [0.15, 0.2) is 0 Å². The van der Waals surface area contributed by atoms with E-state index in [0.717, 1.165) is 0 Å². The predicted octanol–water partition coefficient (Wildman–Crippen LogP) is 4.26. The molecule has 0 amide bonds. The minimum atomic E-state index is 0.292. The van der Waals surface area contributed by atoms with Gasteiger partial charge in [-0.3, -0.25) is 0 Å². The van der Waals surface area contributed by atoms with Crippen LogP contribution in [-0.2, 0) is 0 Å². The standard InChI is InChI=1S/C15H14S/c16-12-11-15(13-7-3-1-4-8-13)14-9-5-2-6-10-14/h1-12,15-16H. The molecule has 0 N–H and O–H groups in total. The molecule has 0 nitrogen and oxygen atoms in total. The second kappa shape index (κ2) is 5.57. The van der Waals surface area contributed by atoms with Gasteiger partial charge in [0.2, 0.25) is 0 Å². The highest BCUT2D eigenvalue weighted by atomic mass is 32.1. The molecule has 0 aliphatic heterocycles. The fourth-order valence-corrected chi connectivity index (χ4v) is 1.99. The molecule has 0 fully saturated rings. The zero-order valence-electron chi connectivity index (χ0n) is 8.95. The van der Waals surface area contributed by atoms with Gasteiger partial charge in [0.1, 0.15) is 0 Å². The van der Waals surface area contributed by atoms with Gasteiger partial charge in [-0.15, -0.1) is 0 Å². The zero-order chi connectivity index (χ0) is 11.2. The maximum atomic E-state index is 4.18. The molecule has 2 rings (SSSR count). The van der Waals surface area contributed by atoms with E-state index in [1.165, 1.54) is 11.1 Å². The molecule has 2 aromatic rings. The van der Waals surface area contributed by atoms with Crippen LogP contribution in [-0.4, -0.2) is 0 Å². The molecule has 0 atom stereocenters. The average Bonchev–Trinajstić information content (AvgIpc) is 2.38. The highest BCUT2D eigenvalue weighted by molar-refractivity contribution is 7.83. The van der Waals surface area contributed by atoms with Gasteiger partial charge in [0.05, 0.1) is 0 Å². The summed E-state index contributed by atoms with van der Waals surface area (Å²) >= 11 is 4.18. The Labute approximate surface area is 102 Å². The molecule has 0 aliphatic rings. The van der Waals surface area contributed by atoms with Gasteiger partial charge in [-0.1, -0.05) is 66.7 Å². The summed E-state index contributed by atoms with van der Waals surface area (Å²) in [7, 11) is 0. The van der Waals surface area contributed by atoms with Crippen molar-refractivity contribution in [3.63, 3.8) is 0 Å². The lowest BCUT2D eigenvalue weighted by Crippen LogP contribution is -1.96. The molecular formula is C15H14S. The Morgan fingerprint density at radius 3 is 1.56 bits per heavy atom. The molecule has 16 heavy (non-hydrogen) atoms. The van der Waals surface area contributed by atoms with E-state index in [2.05, 4.69) is 67.2 Å². The minimum Gasteiger partial charge on any atom is -0.152 e. The fourth-order valence-electron chi connectivity index (χ4n) is 1.82. The van der Waals surface area contributed by atoms with Crippen LogP contribution in [0.1, 0.15) is 17.0 Å². The van der Waals surface area contributed by atoms with E-state index in [1.54, 1.807) is 0 Å². The van der Waals surface area contributed by atoms with Crippen LogP contribution in [0.5, 0.6) is 0 Å². The number of allylic oxidation sites excluding steroid dienone is 1. The zero-order valence-corrected chi connectivity index (χ0v) is 9.85. The Morgan fingerprint density at radius 1 is 0.750 bits per heavy atom. The minimum absolute atomic E-state index is 0.292. The first kappa shape index (κ1) is 11.0. The van der Waals surface area contributed by atoms with Crippen molar-refractivity contribution in [3.05, 3.63) is 83.3 Å². The summed E-state index contributed by atoms with van der Waals surface area (Å²) in [6.45, 7) is 0. The van der Waals surface area contributed by atoms with Crippen molar-refractivity contribution in [3.8, 4) is 0 Å². The van der Waals surface area contributed by atoms with E-state index in [0.29, 0.717) is 5.92 Å². The molecule has 0 saturated carbocycles. The van der Waals surface area contributed by atoms with E-state index in [-0.39, 0.29) is 0 Å². The van der Waals surface area contributed by atoms with Crippen molar-refractivity contribution in [1.82, 2.24) is 0 Å². The highest BCUT2D eigenvalue weighted by Gasteiger charge is 2.08. The number of benzene rings is 2. The molecule has 0 heterocycles. The lowest BCUT2D eigenvalue weighted by atomic mass is 9.92. The van der Waals surface area contributed by atoms with Crippen LogP contribution in [0.25, 0.3) is 0 Å². The summed E-state index contributed by atoms with van der Waals surface area (Å²) in [5, 5.41) is 1.81. The van der Waals surface area contributed by atoms with Gasteiger partial charge in [-0.05, 0) is 16.5 Å². The Hall–Kier alpha value is -1.47. The molecule has 0 aromatic heterocycles. The van der Waals surface area contributed by atoms with Crippen LogP contribution in [0.3, 0.4) is 0 Å². The van der Waals surface area contributed by atoms with E-state index >= 15 is 0 Å². The van der Waals surface area contributed by atoms with Crippen molar-refractivity contribution >= 4 is 12.6 Å². The second-order valence-corrected chi connectivity index (χ2v) is 3.94. The quantitative estimate of drug-likeness (QED) is 0.743. The molecule has 0 saturated heterocycles. The SMILES string of the molecule is SC=CC(c1ccccc1)c1ccccc1. The van der Waals surface area contributed by atoms with Gasteiger partial charge in [0.25, 0.3) is 0 Å². The number of hydrogen-bond acceptors (Lipinski definition) is 1. The van der Waals surface area contributed by atoms with E-state index < -0.39 is 0 Å². The van der Waals surface area contributed by atoms with Crippen LogP contribution < -0.4 is 0 Å². The maximum absolute atomic E-state index is 4.18. The third-order valence-electron chi connectivity index (χ3n) is 2.60. The summed E-state index contributed by atoms with van der Waals surface area (Å²) in [6, 6.07) is 20.9. The van der Waals surface area contributed by atoms with E-state index in [1.807, 2.05) is 17.5 Å². The lowest BCUT2D eigenvalue weighted by molar-refractivity contribution is 1.03. The molecular weight excluding hydrogens is 212 g/mol. The van der Waals surface area contributed by atoms with Crippen molar-refractivity contribution in [2.24, 2.45) is 0 Å². The molecule has 0 radical (unpaired) electrons. The van der Waals surface area contributed by atoms with Crippen LogP contribution in [0, 0.1) is 0 Å². The van der Waals surface area contributed by atoms with E-state index in [4.69, 9.17) is 0 Å². The molecule has 0 aliphatic carbocycles. The molecule has 0 unspecified atom stereocenters. The number of hydrogen-bond donors (Lipinski definition) is 1. The summed E-state index contributed by atoms with van der Waals surface area (Å²) in [6.07, 6.45) is 2.10. The molecule has 0 spiro atoms.